The van der Waals surface area contributed by atoms with Crippen LogP contribution in [0.15, 0.2) is 24.3 Å². The number of nitrogens with one attached hydrogen (secondary N) is 1. The Morgan fingerprint density at radius 2 is 2.00 bits per heavy atom. The summed E-state index contributed by atoms with van der Waals surface area (Å²) < 4.78 is 40.7. The molecular formula is C11H13F3N2O2. The highest BCUT2D eigenvalue weighted by atomic mass is 19.4. The summed E-state index contributed by atoms with van der Waals surface area (Å²) in [5.74, 6) is -0.644. The number of hydrogen-bond acceptors (Lipinski definition) is 3. The van der Waals surface area contributed by atoms with Crippen LogP contribution in [0, 0.1) is 0 Å². The average molecular weight is 262 g/mol. The molecule has 0 aliphatic heterocycles. The monoisotopic (exact) mass is 262 g/mol. The van der Waals surface area contributed by atoms with Crippen LogP contribution in [-0.2, 0) is 4.79 Å². The van der Waals surface area contributed by atoms with Gasteiger partial charge >= 0.3 is 6.18 Å². The van der Waals surface area contributed by atoms with Gasteiger partial charge in [-0.3, -0.25) is 4.79 Å². The number of para-hydroxylation sites is 2. The maximum atomic E-state index is 11.8. The molecule has 7 heteroatoms. The van der Waals surface area contributed by atoms with Crippen LogP contribution in [0.3, 0.4) is 0 Å². The second kappa shape index (κ2) is 6.13. The third-order valence-electron chi connectivity index (χ3n) is 1.96. The van der Waals surface area contributed by atoms with Crippen LogP contribution >= 0.6 is 0 Å². The minimum absolute atomic E-state index is 0.0107. The number of carbonyl (C=O) groups excluding carboxylic acids is 1. The van der Waals surface area contributed by atoms with Gasteiger partial charge in [0.15, 0.2) is 0 Å². The molecule has 0 spiro atoms. The second-order valence-electron chi connectivity index (χ2n) is 3.53. The van der Waals surface area contributed by atoms with Crippen molar-refractivity contribution in [1.29, 1.82) is 0 Å². The van der Waals surface area contributed by atoms with Gasteiger partial charge in [-0.25, -0.2) is 0 Å². The molecule has 1 amide bonds. The Labute approximate surface area is 102 Å². The number of hydrogen-bond donors (Lipinski definition) is 2. The summed E-state index contributed by atoms with van der Waals surface area (Å²) in [6.45, 7) is 0.0427. The zero-order valence-corrected chi connectivity index (χ0v) is 9.46. The number of carbonyl (C=O) groups is 1. The molecule has 100 valence electrons. The van der Waals surface area contributed by atoms with Crippen molar-refractivity contribution < 1.29 is 22.7 Å². The smallest absolute Gasteiger partial charge is 0.397 e. The van der Waals surface area contributed by atoms with Crippen molar-refractivity contribution >= 4 is 11.6 Å². The van der Waals surface area contributed by atoms with E-state index >= 15 is 0 Å². The molecule has 1 aromatic rings. The fraction of sp³-hybridized carbons (Fsp3) is 0.364. The highest BCUT2D eigenvalue weighted by Gasteiger charge is 2.30. The number of alkyl halides is 3. The Morgan fingerprint density at radius 3 is 2.61 bits per heavy atom. The van der Waals surface area contributed by atoms with Crippen molar-refractivity contribution in [3.8, 4) is 5.75 Å². The molecule has 1 rings (SSSR count). The zero-order chi connectivity index (χ0) is 13.6. The van der Waals surface area contributed by atoms with E-state index < -0.39 is 18.5 Å². The van der Waals surface area contributed by atoms with Crippen LogP contribution in [0.25, 0.3) is 0 Å². The molecule has 4 nitrogen and oxygen atoms in total. The van der Waals surface area contributed by atoms with Crippen molar-refractivity contribution in [1.82, 2.24) is 5.32 Å². The van der Waals surface area contributed by atoms with Gasteiger partial charge in [-0.15, -0.1) is 0 Å². The van der Waals surface area contributed by atoms with Gasteiger partial charge < -0.3 is 15.8 Å². The lowest BCUT2D eigenvalue weighted by Crippen LogP contribution is -2.31. The molecule has 0 bridgehead atoms. The van der Waals surface area contributed by atoms with E-state index in [9.17, 15) is 18.0 Å². The van der Waals surface area contributed by atoms with Gasteiger partial charge in [0.1, 0.15) is 18.8 Å². The number of amides is 1. The quantitative estimate of drug-likeness (QED) is 0.627. The van der Waals surface area contributed by atoms with Crippen molar-refractivity contribution in [2.45, 2.75) is 12.6 Å². The summed E-state index contributed by atoms with van der Waals surface area (Å²) >= 11 is 0. The Balaban J connectivity index is 2.23. The lowest BCUT2D eigenvalue weighted by molar-refractivity contribution is -0.153. The molecular weight excluding hydrogens is 249 g/mol. The lowest BCUT2D eigenvalue weighted by atomic mass is 10.3. The maximum Gasteiger partial charge on any atom is 0.397 e. The van der Waals surface area contributed by atoms with E-state index in [1.54, 1.807) is 24.3 Å². The van der Waals surface area contributed by atoms with Crippen LogP contribution in [0.4, 0.5) is 18.9 Å². The van der Waals surface area contributed by atoms with Crippen molar-refractivity contribution in [3.63, 3.8) is 0 Å². The largest absolute Gasteiger partial charge is 0.490 e. The van der Waals surface area contributed by atoms with Crippen LogP contribution in [0.5, 0.6) is 5.75 Å². The topological polar surface area (TPSA) is 64.3 Å². The molecule has 0 saturated heterocycles. The van der Waals surface area contributed by atoms with Gasteiger partial charge in [-0.2, -0.15) is 13.2 Å². The average Bonchev–Trinajstić information content (AvgIpc) is 2.24. The first-order chi connectivity index (χ1) is 8.38. The fourth-order valence-corrected chi connectivity index (χ4v) is 1.21. The summed E-state index contributed by atoms with van der Waals surface area (Å²) in [7, 11) is 0. The first-order valence-corrected chi connectivity index (χ1v) is 5.19. The molecule has 0 radical (unpaired) electrons. The molecule has 0 aliphatic carbocycles. The zero-order valence-electron chi connectivity index (χ0n) is 9.46. The Hall–Kier alpha value is -1.92. The van der Waals surface area contributed by atoms with Crippen LogP contribution in [0.1, 0.15) is 6.42 Å². The van der Waals surface area contributed by atoms with Crippen LogP contribution in [0.2, 0.25) is 0 Å². The number of nitrogen functional groups attached to an aromatic ring is 1. The van der Waals surface area contributed by atoms with Crippen molar-refractivity contribution in [2.75, 3.05) is 18.9 Å². The number of halogens is 3. The predicted octanol–water partition coefficient (Wildman–Crippen LogP) is 1.72. The number of benzene rings is 1. The fourth-order valence-electron chi connectivity index (χ4n) is 1.21. The van der Waals surface area contributed by atoms with Gasteiger partial charge in [-0.05, 0) is 12.1 Å². The van der Waals surface area contributed by atoms with Crippen molar-refractivity contribution in [3.05, 3.63) is 24.3 Å². The number of anilines is 1. The normalized spacial score (nSPS) is 11.1. The highest BCUT2D eigenvalue weighted by molar-refractivity contribution is 5.76. The molecule has 0 atom stereocenters. The van der Waals surface area contributed by atoms with Gasteiger partial charge in [-0.1, -0.05) is 12.1 Å². The first-order valence-electron chi connectivity index (χ1n) is 5.19. The van der Waals surface area contributed by atoms with Gasteiger partial charge in [0.2, 0.25) is 5.91 Å². The first kappa shape index (κ1) is 14.1. The second-order valence-corrected chi connectivity index (χ2v) is 3.53. The van der Waals surface area contributed by atoms with E-state index in [1.807, 2.05) is 0 Å². The Morgan fingerprint density at radius 1 is 1.33 bits per heavy atom. The third-order valence-corrected chi connectivity index (χ3v) is 1.96. The van der Waals surface area contributed by atoms with E-state index in [0.717, 1.165) is 0 Å². The lowest BCUT2D eigenvalue weighted by Gasteiger charge is -2.10. The predicted molar refractivity (Wildman–Crippen MR) is 60.0 cm³/mol. The molecule has 18 heavy (non-hydrogen) atoms. The molecule has 3 N–H and O–H groups in total. The molecule has 0 saturated carbocycles. The molecule has 0 aromatic heterocycles. The van der Waals surface area contributed by atoms with Gasteiger partial charge in [0, 0.05) is 0 Å². The van der Waals surface area contributed by atoms with E-state index in [4.69, 9.17) is 10.5 Å². The summed E-state index contributed by atoms with van der Waals surface area (Å²) in [5, 5.41) is 2.10. The van der Waals surface area contributed by atoms with Crippen LogP contribution in [-0.4, -0.2) is 25.2 Å². The molecule has 0 heterocycles. The van der Waals surface area contributed by atoms with Gasteiger partial charge in [0.05, 0.1) is 12.2 Å². The molecule has 1 aromatic carbocycles. The molecule has 0 unspecified atom stereocenters. The van der Waals surface area contributed by atoms with E-state index in [2.05, 4.69) is 5.32 Å². The summed E-state index contributed by atoms with van der Waals surface area (Å²) in [4.78, 5) is 10.8. The Bertz CT molecular complexity index is 408. The SMILES string of the molecule is Nc1ccccc1OCCNC(=O)CC(F)(F)F. The standard InChI is InChI=1S/C11H13F3N2O2/c12-11(13,14)7-10(17)16-5-6-18-9-4-2-1-3-8(9)15/h1-4H,5-7,15H2,(H,16,17). The van der Waals surface area contributed by atoms with Gasteiger partial charge in [0.25, 0.3) is 0 Å². The van der Waals surface area contributed by atoms with E-state index in [1.165, 1.54) is 0 Å². The van der Waals surface area contributed by atoms with E-state index in [-0.39, 0.29) is 13.2 Å². The number of ether oxygens (including phenoxy) is 1. The summed E-state index contributed by atoms with van der Waals surface area (Å²) in [5.41, 5.74) is 6.01. The number of nitrogens with two attached hydrogens (primary N) is 1. The minimum Gasteiger partial charge on any atom is -0.490 e. The number of rotatable bonds is 5. The third kappa shape index (κ3) is 5.42. The molecule has 0 aliphatic rings. The minimum atomic E-state index is -4.49. The van der Waals surface area contributed by atoms with E-state index in [0.29, 0.717) is 11.4 Å². The van der Waals surface area contributed by atoms with Crippen molar-refractivity contribution in [2.24, 2.45) is 0 Å². The van der Waals surface area contributed by atoms with Crippen LogP contribution < -0.4 is 15.8 Å². The summed E-state index contributed by atoms with van der Waals surface area (Å²) in [6.07, 6.45) is -5.98. The highest BCUT2D eigenvalue weighted by Crippen LogP contribution is 2.20. The Kier molecular flexibility index (Phi) is 4.82. The summed E-state index contributed by atoms with van der Waals surface area (Å²) in [6, 6.07) is 6.71. The molecule has 0 fully saturated rings. The maximum absolute atomic E-state index is 11.8.